The van der Waals surface area contributed by atoms with Crippen molar-refractivity contribution in [3.05, 3.63) is 91.4 Å². The highest BCUT2D eigenvalue weighted by Crippen LogP contribution is 2.18. The van der Waals surface area contributed by atoms with Gasteiger partial charge >= 0.3 is 5.69 Å². The van der Waals surface area contributed by atoms with E-state index in [1.807, 2.05) is 51.1 Å². The summed E-state index contributed by atoms with van der Waals surface area (Å²) in [7, 11) is 0. The van der Waals surface area contributed by atoms with Crippen molar-refractivity contribution < 1.29 is 4.79 Å². The predicted octanol–water partition coefficient (Wildman–Crippen LogP) is 3.78. The quantitative estimate of drug-likeness (QED) is 0.547. The molecule has 0 spiro atoms. The summed E-state index contributed by atoms with van der Waals surface area (Å²) in [5.74, 6) is -0.333. The van der Waals surface area contributed by atoms with E-state index in [0.717, 1.165) is 21.3 Å². The molecule has 0 saturated heterocycles. The third-order valence-corrected chi connectivity index (χ3v) is 6.00. The molecule has 2 heterocycles. The molecule has 4 rings (SSSR count). The zero-order chi connectivity index (χ0) is 21.4. The molecule has 0 aliphatic rings. The van der Waals surface area contributed by atoms with Crippen molar-refractivity contribution in [3.8, 4) is 5.69 Å². The molecule has 2 aromatic heterocycles. The van der Waals surface area contributed by atoms with Gasteiger partial charge in [0.15, 0.2) is 0 Å². The molecular weight excluding hydrogens is 398 g/mol. The van der Waals surface area contributed by atoms with E-state index in [9.17, 15) is 14.4 Å². The third kappa shape index (κ3) is 3.59. The average Bonchev–Trinajstić information content (AvgIpc) is 3.18. The number of nitrogens with zero attached hydrogens (tertiary/aromatic N) is 2. The molecule has 0 aliphatic heterocycles. The minimum atomic E-state index is -0.534. The standard InChI is InChI=1S/C23H21N3O3S/c1-14-5-4-6-17(11-14)24-20(27)13-25-19-9-10-30-21(19)22(28)26(23(25)29)18-8-7-15(2)16(3)12-18/h4-12H,13H2,1-3H3,(H,24,27). The Labute approximate surface area is 177 Å². The zero-order valence-corrected chi connectivity index (χ0v) is 17.7. The number of benzene rings is 2. The smallest absolute Gasteiger partial charge is 0.325 e. The Morgan fingerprint density at radius 2 is 1.80 bits per heavy atom. The fourth-order valence-electron chi connectivity index (χ4n) is 3.40. The highest BCUT2D eigenvalue weighted by molar-refractivity contribution is 7.17. The van der Waals surface area contributed by atoms with Gasteiger partial charge in [0.1, 0.15) is 11.2 Å². The highest BCUT2D eigenvalue weighted by atomic mass is 32.1. The number of aryl methyl sites for hydroxylation is 3. The van der Waals surface area contributed by atoms with Crippen LogP contribution in [0.4, 0.5) is 5.69 Å². The Hall–Kier alpha value is -3.45. The van der Waals surface area contributed by atoms with Gasteiger partial charge < -0.3 is 5.32 Å². The van der Waals surface area contributed by atoms with Crippen LogP contribution in [-0.4, -0.2) is 15.0 Å². The van der Waals surface area contributed by atoms with Crippen molar-refractivity contribution in [2.75, 3.05) is 5.32 Å². The van der Waals surface area contributed by atoms with E-state index in [1.165, 1.54) is 15.9 Å². The number of anilines is 1. The van der Waals surface area contributed by atoms with Crippen LogP contribution in [0.1, 0.15) is 16.7 Å². The summed E-state index contributed by atoms with van der Waals surface area (Å²) in [4.78, 5) is 39.0. The van der Waals surface area contributed by atoms with Crippen LogP contribution in [0.25, 0.3) is 15.9 Å². The molecule has 4 aromatic rings. The molecular formula is C23H21N3O3S. The minimum Gasteiger partial charge on any atom is -0.325 e. The van der Waals surface area contributed by atoms with E-state index >= 15 is 0 Å². The predicted molar refractivity (Wildman–Crippen MR) is 121 cm³/mol. The molecule has 7 heteroatoms. The number of hydrogen-bond acceptors (Lipinski definition) is 4. The lowest BCUT2D eigenvalue weighted by molar-refractivity contribution is -0.116. The number of carbonyl (C=O) groups excluding carboxylic acids is 1. The second-order valence-corrected chi connectivity index (χ2v) is 8.25. The second kappa shape index (κ2) is 7.76. The molecule has 6 nitrogen and oxygen atoms in total. The Morgan fingerprint density at radius 3 is 2.53 bits per heavy atom. The first-order chi connectivity index (χ1) is 14.3. The number of amides is 1. The van der Waals surface area contributed by atoms with Crippen LogP contribution < -0.4 is 16.6 Å². The van der Waals surface area contributed by atoms with Crippen molar-refractivity contribution in [1.82, 2.24) is 9.13 Å². The molecule has 0 saturated carbocycles. The van der Waals surface area contributed by atoms with Crippen LogP contribution in [0, 0.1) is 20.8 Å². The number of rotatable bonds is 4. The molecule has 30 heavy (non-hydrogen) atoms. The van der Waals surface area contributed by atoms with Crippen molar-refractivity contribution in [1.29, 1.82) is 0 Å². The largest absolute Gasteiger partial charge is 0.336 e. The van der Waals surface area contributed by atoms with Crippen LogP contribution in [0.15, 0.2) is 63.5 Å². The van der Waals surface area contributed by atoms with E-state index in [-0.39, 0.29) is 18.0 Å². The summed E-state index contributed by atoms with van der Waals surface area (Å²) in [5.41, 5.74) is 3.80. The number of hydrogen-bond donors (Lipinski definition) is 1. The van der Waals surface area contributed by atoms with Crippen molar-refractivity contribution in [2.24, 2.45) is 0 Å². The summed E-state index contributed by atoms with van der Waals surface area (Å²) in [6.07, 6.45) is 0. The maximum Gasteiger partial charge on any atom is 0.336 e. The first kappa shape index (κ1) is 19.8. The summed E-state index contributed by atoms with van der Waals surface area (Å²) >= 11 is 1.26. The second-order valence-electron chi connectivity index (χ2n) is 7.33. The molecule has 1 amide bonds. The van der Waals surface area contributed by atoms with E-state index < -0.39 is 5.69 Å². The monoisotopic (exact) mass is 419 g/mol. The summed E-state index contributed by atoms with van der Waals surface area (Å²) in [6, 6.07) is 14.6. The first-order valence-electron chi connectivity index (χ1n) is 9.52. The van der Waals surface area contributed by atoms with Crippen LogP contribution in [-0.2, 0) is 11.3 Å². The minimum absolute atomic E-state index is 0.189. The molecule has 0 atom stereocenters. The van der Waals surface area contributed by atoms with Gasteiger partial charge in [-0.1, -0.05) is 18.2 Å². The van der Waals surface area contributed by atoms with Gasteiger partial charge in [0, 0.05) is 5.69 Å². The number of thiophene rings is 1. The van der Waals surface area contributed by atoms with Gasteiger partial charge in [0.05, 0.1) is 11.2 Å². The van der Waals surface area contributed by atoms with Gasteiger partial charge in [-0.2, -0.15) is 0 Å². The Morgan fingerprint density at radius 1 is 1.00 bits per heavy atom. The maximum absolute atomic E-state index is 13.3. The van der Waals surface area contributed by atoms with Gasteiger partial charge in [0.25, 0.3) is 5.56 Å². The Bertz CT molecular complexity index is 1400. The SMILES string of the molecule is Cc1cccc(NC(=O)Cn2c(=O)n(-c3ccc(C)c(C)c3)c(=O)c3sccc32)c1. The molecule has 152 valence electrons. The van der Waals surface area contributed by atoms with Crippen LogP contribution in [0.2, 0.25) is 0 Å². The summed E-state index contributed by atoms with van der Waals surface area (Å²) in [5, 5.41) is 4.58. The highest BCUT2D eigenvalue weighted by Gasteiger charge is 2.18. The van der Waals surface area contributed by atoms with E-state index in [0.29, 0.717) is 21.6 Å². The van der Waals surface area contributed by atoms with E-state index in [4.69, 9.17) is 0 Å². The van der Waals surface area contributed by atoms with Gasteiger partial charge in [-0.3, -0.25) is 14.2 Å². The zero-order valence-electron chi connectivity index (χ0n) is 16.9. The molecule has 0 aliphatic carbocycles. The number of fused-ring (bicyclic) bond motifs is 1. The third-order valence-electron chi connectivity index (χ3n) is 5.11. The molecule has 1 N–H and O–H groups in total. The van der Waals surface area contributed by atoms with Crippen molar-refractivity contribution >= 4 is 33.1 Å². The molecule has 0 unspecified atom stereocenters. The normalized spacial score (nSPS) is 11.0. The van der Waals surface area contributed by atoms with Gasteiger partial charge in [-0.15, -0.1) is 11.3 Å². The summed E-state index contributed by atoms with van der Waals surface area (Å²) < 4.78 is 2.94. The lowest BCUT2D eigenvalue weighted by atomic mass is 10.1. The van der Waals surface area contributed by atoms with Crippen LogP contribution in [0.3, 0.4) is 0 Å². The fraction of sp³-hybridized carbons (Fsp3) is 0.174. The number of carbonyl (C=O) groups is 1. The Kier molecular flexibility index (Phi) is 5.13. The van der Waals surface area contributed by atoms with E-state index in [1.54, 1.807) is 23.6 Å². The molecule has 2 aromatic carbocycles. The summed E-state index contributed by atoms with van der Waals surface area (Å²) in [6.45, 7) is 5.65. The van der Waals surface area contributed by atoms with Crippen LogP contribution in [0.5, 0.6) is 0 Å². The average molecular weight is 420 g/mol. The van der Waals surface area contributed by atoms with Gasteiger partial charge in [-0.05, 0) is 73.2 Å². The molecule has 0 radical (unpaired) electrons. The first-order valence-corrected chi connectivity index (χ1v) is 10.4. The molecule has 0 bridgehead atoms. The van der Waals surface area contributed by atoms with Crippen molar-refractivity contribution in [3.63, 3.8) is 0 Å². The topological polar surface area (TPSA) is 73.1 Å². The van der Waals surface area contributed by atoms with Crippen molar-refractivity contribution in [2.45, 2.75) is 27.3 Å². The van der Waals surface area contributed by atoms with Gasteiger partial charge in [-0.25, -0.2) is 9.36 Å². The lowest BCUT2D eigenvalue weighted by Crippen LogP contribution is -2.40. The van der Waals surface area contributed by atoms with Crippen LogP contribution >= 0.6 is 11.3 Å². The Balaban J connectivity index is 1.81. The van der Waals surface area contributed by atoms with Gasteiger partial charge in [0.2, 0.25) is 5.91 Å². The molecule has 0 fully saturated rings. The van der Waals surface area contributed by atoms with E-state index in [2.05, 4.69) is 5.32 Å². The maximum atomic E-state index is 13.3. The number of aromatic nitrogens is 2. The number of nitrogens with one attached hydrogen (secondary N) is 1. The lowest BCUT2D eigenvalue weighted by Gasteiger charge is -2.13. The fourth-order valence-corrected chi connectivity index (χ4v) is 4.22.